The van der Waals surface area contributed by atoms with E-state index in [1.807, 2.05) is 6.07 Å². The fourth-order valence-corrected chi connectivity index (χ4v) is 0.949. The van der Waals surface area contributed by atoms with Crippen molar-refractivity contribution in [2.24, 2.45) is 0 Å². The van der Waals surface area contributed by atoms with Crippen molar-refractivity contribution in [2.75, 3.05) is 7.05 Å². The smallest absolute Gasteiger partial charge is 0.108 e. The summed E-state index contributed by atoms with van der Waals surface area (Å²) in [6.07, 6.45) is 0. The molecule has 0 amide bonds. The summed E-state index contributed by atoms with van der Waals surface area (Å²) in [5, 5.41) is 2.20. The second kappa shape index (κ2) is 10.1. The van der Waals surface area contributed by atoms with Crippen LogP contribution in [0.3, 0.4) is 0 Å². The van der Waals surface area contributed by atoms with Gasteiger partial charge in [-0.25, -0.2) is 0 Å². The lowest BCUT2D eigenvalue weighted by atomic mass is 10.1. The summed E-state index contributed by atoms with van der Waals surface area (Å²) in [7, 11) is 2.09. The Morgan fingerprint density at radius 3 is 1.85 bits per heavy atom. The maximum Gasteiger partial charge on any atom is 0.108 e. The van der Waals surface area contributed by atoms with Gasteiger partial charge in [0, 0.05) is 5.56 Å². The zero-order chi connectivity index (χ0) is 7.40. The first-order valence-electron chi connectivity index (χ1n) is 3.69. The summed E-state index contributed by atoms with van der Waals surface area (Å²) >= 11 is 0. The van der Waals surface area contributed by atoms with Gasteiger partial charge in [0.15, 0.2) is 0 Å². The average Bonchev–Trinajstić information content (AvgIpc) is 2.05. The monoisotopic (exact) mass is 241 g/mol. The molecule has 1 aromatic carbocycles. The van der Waals surface area contributed by atoms with Gasteiger partial charge in [0.1, 0.15) is 6.04 Å². The fourth-order valence-electron chi connectivity index (χ4n) is 0.949. The molecule has 0 saturated carbocycles. The molecule has 0 bridgehead atoms. The normalized spacial score (nSPS) is 10.0. The van der Waals surface area contributed by atoms with Crippen LogP contribution in [0.15, 0.2) is 30.3 Å². The van der Waals surface area contributed by atoms with Crippen LogP contribution in [0.25, 0.3) is 0 Å². The van der Waals surface area contributed by atoms with Crippen molar-refractivity contribution in [1.29, 1.82) is 0 Å². The predicted molar refractivity (Wildman–Crippen MR) is 42.7 cm³/mol. The highest BCUT2D eigenvalue weighted by Crippen LogP contribution is 2.05. The van der Waals surface area contributed by atoms with E-state index in [1.54, 1.807) is 0 Å². The Labute approximate surface area is 98.5 Å². The number of benzene rings is 1. The average molecular weight is 243 g/mol. The minimum absolute atomic E-state index is 0. The van der Waals surface area contributed by atoms with E-state index in [0.29, 0.717) is 6.04 Å². The molecule has 0 aromatic heterocycles. The Morgan fingerprint density at radius 2 is 1.46 bits per heavy atom. The van der Waals surface area contributed by atoms with Crippen molar-refractivity contribution in [3.8, 4) is 0 Å². The summed E-state index contributed by atoms with van der Waals surface area (Å²) in [6, 6.07) is 11.1. The number of rotatable bonds is 2. The van der Waals surface area contributed by atoms with E-state index in [0.717, 1.165) is 0 Å². The maximum atomic E-state index is 2.20. The summed E-state index contributed by atoms with van der Waals surface area (Å²) in [5.41, 5.74) is 1.39. The molecule has 0 aliphatic heterocycles. The van der Waals surface area contributed by atoms with Gasteiger partial charge in [-0.05, 0) is 6.92 Å². The minimum Gasteiger partial charge on any atom is -1.00 e. The van der Waals surface area contributed by atoms with Crippen molar-refractivity contribution in [3.63, 3.8) is 0 Å². The van der Waals surface area contributed by atoms with E-state index in [9.17, 15) is 0 Å². The first kappa shape index (κ1) is 18.8. The molecule has 2 N–H and O–H groups in total. The van der Waals surface area contributed by atoms with E-state index in [1.165, 1.54) is 5.56 Å². The Balaban J connectivity index is -0.000000333. The molecule has 1 atom stereocenters. The van der Waals surface area contributed by atoms with Crippen LogP contribution >= 0.6 is 0 Å². The van der Waals surface area contributed by atoms with Crippen molar-refractivity contribution in [2.45, 2.75) is 13.0 Å². The molecule has 1 rings (SSSR count). The highest BCUT2D eigenvalue weighted by atomic mass is 35.5. The van der Waals surface area contributed by atoms with E-state index < -0.39 is 0 Å². The molecule has 4 heteroatoms. The molecule has 78 valence electrons. The third-order valence-corrected chi connectivity index (χ3v) is 1.83. The molecule has 1 nitrogen and oxygen atoms in total. The molecule has 0 radical (unpaired) electrons. The highest BCUT2D eigenvalue weighted by molar-refractivity contribution is 5.16. The molecular formula is C9H14Cl3N-2. The van der Waals surface area contributed by atoms with Crippen molar-refractivity contribution >= 4 is 0 Å². The Hall–Kier alpha value is 0.0500. The summed E-state index contributed by atoms with van der Waals surface area (Å²) in [4.78, 5) is 0. The third-order valence-electron chi connectivity index (χ3n) is 1.83. The number of hydrogen-bond donors (Lipinski definition) is 1. The number of quaternary nitrogens is 1. The standard InChI is InChI=1S/C9H13N.3ClH/c1-8(10-2)9-6-4-3-5-7-9;;;/h3-8,10H,1-2H3;3*1H/p-2. The van der Waals surface area contributed by atoms with Crippen LogP contribution < -0.4 is 42.5 Å². The molecule has 0 saturated heterocycles. The first-order valence-corrected chi connectivity index (χ1v) is 3.69. The zero-order valence-electron chi connectivity index (χ0n) is 7.68. The Morgan fingerprint density at radius 1 is 1.00 bits per heavy atom. The van der Waals surface area contributed by atoms with Gasteiger partial charge in [-0.15, -0.1) is 0 Å². The van der Waals surface area contributed by atoms with Crippen LogP contribution in [0.4, 0.5) is 0 Å². The van der Waals surface area contributed by atoms with Crippen molar-refractivity contribution in [1.82, 2.24) is 0 Å². The van der Waals surface area contributed by atoms with Gasteiger partial charge in [-0.1, -0.05) is 30.3 Å². The summed E-state index contributed by atoms with van der Waals surface area (Å²) in [5.74, 6) is 0. The largest absolute Gasteiger partial charge is 1.00 e. The molecule has 13 heavy (non-hydrogen) atoms. The van der Waals surface area contributed by atoms with Gasteiger partial charge in [0.25, 0.3) is 0 Å². The van der Waals surface area contributed by atoms with Crippen LogP contribution in [-0.4, -0.2) is 7.05 Å². The van der Waals surface area contributed by atoms with Crippen LogP contribution in [0, 0.1) is 0 Å². The zero-order valence-corrected chi connectivity index (χ0v) is 9.94. The topological polar surface area (TPSA) is 16.6 Å². The molecule has 1 aromatic rings. The van der Waals surface area contributed by atoms with E-state index in [2.05, 4.69) is 43.6 Å². The van der Waals surface area contributed by atoms with E-state index in [-0.39, 0.29) is 37.2 Å². The number of nitrogens with two attached hydrogens (primary N) is 1. The lowest BCUT2D eigenvalue weighted by Gasteiger charge is -2.05. The Kier molecular flexibility index (Phi) is 14.6. The molecular weight excluding hydrogens is 228 g/mol. The van der Waals surface area contributed by atoms with E-state index >= 15 is 0 Å². The summed E-state index contributed by atoms with van der Waals surface area (Å²) < 4.78 is 0. The molecule has 1 unspecified atom stereocenters. The van der Waals surface area contributed by atoms with Gasteiger partial charge in [0.2, 0.25) is 0 Å². The Bertz CT molecular complexity index is 191. The number of hydrogen-bond acceptors (Lipinski definition) is 0. The lowest BCUT2D eigenvalue weighted by Crippen LogP contribution is -3.00. The van der Waals surface area contributed by atoms with E-state index in [4.69, 9.17) is 0 Å². The van der Waals surface area contributed by atoms with Crippen LogP contribution in [-0.2, 0) is 0 Å². The van der Waals surface area contributed by atoms with Crippen LogP contribution in [0.2, 0.25) is 0 Å². The van der Waals surface area contributed by atoms with Gasteiger partial charge in [0.05, 0.1) is 7.05 Å². The second-order valence-corrected chi connectivity index (χ2v) is 2.53. The van der Waals surface area contributed by atoms with Gasteiger partial charge in [-0.2, -0.15) is 0 Å². The van der Waals surface area contributed by atoms with Gasteiger partial charge >= 0.3 is 0 Å². The lowest BCUT2D eigenvalue weighted by molar-refractivity contribution is -0.666. The van der Waals surface area contributed by atoms with Gasteiger partial charge in [-0.3, -0.25) is 0 Å². The molecule has 0 spiro atoms. The van der Waals surface area contributed by atoms with Crippen molar-refractivity contribution < 1.29 is 42.5 Å². The SMILES string of the molecule is C[NH2+]C(C)c1ccccc1.[Cl-].[Cl-].[Cl-]. The second-order valence-electron chi connectivity index (χ2n) is 2.53. The number of halogens is 3. The molecule has 0 aliphatic rings. The van der Waals surface area contributed by atoms with Crippen molar-refractivity contribution in [3.05, 3.63) is 35.9 Å². The third kappa shape index (κ3) is 6.17. The maximum absolute atomic E-state index is 2.20. The quantitative estimate of drug-likeness (QED) is 0.531. The fraction of sp³-hybridized carbons (Fsp3) is 0.333. The summed E-state index contributed by atoms with van der Waals surface area (Å²) in [6.45, 7) is 2.20. The predicted octanol–water partition coefficient (Wildman–Crippen LogP) is -8.05. The molecule has 0 aliphatic carbocycles. The van der Waals surface area contributed by atoms with Gasteiger partial charge < -0.3 is 42.5 Å². The van der Waals surface area contributed by atoms with Crippen LogP contribution in [0.5, 0.6) is 0 Å². The highest BCUT2D eigenvalue weighted by Gasteiger charge is 2.01. The minimum atomic E-state index is 0. The first-order chi connectivity index (χ1) is 4.84. The molecule has 0 fully saturated rings. The molecule has 0 heterocycles. The van der Waals surface area contributed by atoms with Crippen LogP contribution in [0.1, 0.15) is 18.5 Å².